The Kier molecular flexibility index (Phi) is 17.7. The van der Waals surface area contributed by atoms with Gasteiger partial charge in [-0.25, -0.2) is 0 Å². The number of hydrogen-bond donors (Lipinski definition) is 0. The van der Waals surface area contributed by atoms with Crippen molar-refractivity contribution in [2.24, 2.45) is 0 Å². The largest absolute Gasteiger partial charge is 2.00 e. The van der Waals surface area contributed by atoms with Crippen molar-refractivity contribution in [2.75, 3.05) is 0 Å². The summed E-state index contributed by atoms with van der Waals surface area (Å²) >= 11 is 0. The first-order valence-electron chi connectivity index (χ1n) is 4.26. The zero-order chi connectivity index (χ0) is 7.23. The van der Waals surface area contributed by atoms with Gasteiger partial charge in [-0.05, 0) is 32.1 Å². The summed E-state index contributed by atoms with van der Waals surface area (Å²) in [6, 6.07) is 0. The number of allylic oxidation sites excluding steroid dienone is 4. The Balaban J connectivity index is -0.000000333. The van der Waals surface area contributed by atoms with Crippen LogP contribution >= 0.6 is 0 Å². The van der Waals surface area contributed by atoms with Crippen LogP contribution in [0, 0.1) is 14.9 Å². The SMILES string of the molecule is CC/C1=C/CC/C=C\CC1.[CH3-].[CH3-].[Pt+2]. The minimum Gasteiger partial charge on any atom is -0.358 e. The van der Waals surface area contributed by atoms with Crippen LogP contribution in [0.2, 0.25) is 0 Å². The Morgan fingerprint density at radius 2 is 1.69 bits per heavy atom. The minimum atomic E-state index is 0. The predicted octanol–water partition coefficient (Wildman–Crippen LogP) is 4.35. The molecule has 0 saturated heterocycles. The van der Waals surface area contributed by atoms with Gasteiger partial charge in [0.1, 0.15) is 0 Å². The molecule has 0 aromatic carbocycles. The van der Waals surface area contributed by atoms with E-state index in [9.17, 15) is 0 Å². The van der Waals surface area contributed by atoms with Gasteiger partial charge in [0, 0.05) is 0 Å². The van der Waals surface area contributed by atoms with Gasteiger partial charge >= 0.3 is 21.1 Å². The van der Waals surface area contributed by atoms with E-state index in [-0.39, 0.29) is 35.9 Å². The molecular formula is C12H22Pt. The molecule has 0 heterocycles. The van der Waals surface area contributed by atoms with Crippen LogP contribution in [-0.4, -0.2) is 0 Å². The van der Waals surface area contributed by atoms with E-state index in [0.29, 0.717) is 0 Å². The smallest absolute Gasteiger partial charge is 0.358 e. The predicted molar refractivity (Wildman–Crippen MR) is 58.8 cm³/mol. The zero-order valence-corrected chi connectivity index (χ0v) is 11.4. The summed E-state index contributed by atoms with van der Waals surface area (Å²) in [4.78, 5) is 0. The minimum absolute atomic E-state index is 0. The Bertz CT molecular complexity index is 145. The molecule has 0 aliphatic heterocycles. The summed E-state index contributed by atoms with van der Waals surface area (Å²) in [6.07, 6.45) is 13.3. The van der Waals surface area contributed by atoms with Crippen LogP contribution in [-0.2, 0) is 21.1 Å². The van der Waals surface area contributed by atoms with E-state index in [2.05, 4.69) is 25.2 Å². The van der Waals surface area contributed by atoms with Crippen molar-refractivity contribution in [1.82, 2.24) is 0 Å². The van der Waals surface area contributed by atoms with Gasteiger partial charge in [0.15, 0.2) is 0 Å². The van der Waals surface area contributed by atoms with Crippen LogP contribution in [0.1, 0.15) is 39.0 Å². The van der Waals surface area contributed by atoms with Crippen molar-refractivity contribution in [3.8, 4) is 0 Å². The molecule has 0 spiro atoms. The summed E-state index contributed by atoms with van der Waals surface area (Å²) < 4.78 is 0. The molecular weight excluding hydrogens is 339 g/mol. The zero-order valence-electron chi connectivity index (χ0n) is 9.08. The summed E-state index contributed by atoms with van der Waals surface area (Å²) in [5, 5.41) is 0. The topological polar surface area (TPSA) is 0 Å². The van der Waals surface area contributed by atoms with Gasteiger partial charge in [-0.2, -0.15) is 0 Å². The van der Waals surface area contributed by atoms with Crippen molar-refractivity contribution >= 4 is 0 Å². The van der Waals surface area contributed by atoms with Gasteiger partial charge in [0.05, 0.1) is 0 Å². The molecule has 0 nitrogen and oxygen atoms in total. The van der Waals surface area contributed by atoms with Crippen LogP contribution in [0.15, 0.2) is 23.8 Å². The molecule has 1 rings (SSSR count). The van der Waals surface area contributed by atoms with Crippen molar-refractivity contribution in [3.63, 3.8) is 0 Å². The van der Waals surface area contributed by atoms with Crippen molar-refractivity contribution in [1.29, 1.82) is 0 Å². The number of hydrogen-bond acceptors (Lipinski definition) is 0. The maximum absolute atomic E-state index is 2.41. The van der Waals surface area contributed by atoms with Gasteiger partial charge in [-0.3, -0.25) is 0 Å². The van der Waals surface area contributed by atoms with E-state index in [0.717, 1.165) is 0 Å². The first kappa shape index (κ1) is 18.9. The average molecular weight is 361 g/mol. The van der Waals surface area contributed by atoms with Crippen LogP contribution in [0.4, 0.5) is 0 Å². The third-order valence-electron chi connectivity index (χ3n) is 2.02. The Morgan fingerprint density at radius 1 is 1.08 bits per heavy atom. The van der Waals surface area contributed by atoms with Crippen LogP contribution in [0.3, 0.4) is 0 Å². The van der Waals surface area contributed by atoms with Gasteiger partial charge in [-0.15, -0.1) is 0 Å². The fourth-order valence-corrected chi connectivity index (χ4v) is 1.31. The van der Waals surface area contributed by atoms with Gasteiger partial charge < -0.3 is 14.9 Å². The fourth-order valence-electron chi connectivity index (χ4n) is 1.31. The molecule has 0 aromatic heterocycles. The van der Waals surface area contributed by atoms with Crippen molar-refractivity contribution < 1.29 is 21.1 Å². The van der Waals surface area contributed by atoms with Gasteiger partial charge in [-0.1, -0.05) is 30.7 Å². The molecule has 13 heavy (non-hydrogen) atoms. The van der Waals surface area contributed by atoms with E-state index in [4.69, 9.17) is 0 Å². The quantitative estimate of drug-likeness (QED) is 0.481. The molecule has 0 radical (unpaired) electrons. The molecule has 0 aromatic rings. The normalized spacial score (nSPS) is 21.5. The molecule has 0 saturated carbocycles. The Hall–Kier alpha value is 0.168. The van der Waals surface area contributed by atoms with Crippen LogP contribution < -0.4 is 0 Å². The van der Waals surface area contributed by atoms with Gasteiger partial charge in [0.25, 0.3) is 0 Å². The molecule has 1 aliphatic rings. The van der Waals surface area contributed by atoms with E-state index in [1.54, 1.807) is 5.57 Å². The number of rotatable bonds is 1. The molecule has 0 unspecified atom stereocenters. The Labute approximate surface area is 98.8 Å². The molecule has 80 valence electrons. The molecule has 0 amide bonds. The maximum atomic E-state index is 2.41. The van der Waals surface area contributed by atoms with E-state index in [1.165, 1.54) is 32.1 Å². The summed E-state index contributed by atoms with van der Waals surface area (Å²) in [7, 11) is 0. The average Bonchev–Trinajstić information content (AvgIpc) is 1.87. The molecule has 0 bridgehead atoms. The third-order valence-corrected chi connectivity index (χ3v) is 2.02. The van der Waals surface area contributed by atoms with Gasteiger partial charge in [0.2, 0.25) is 0 Å². The second-order valence-corrected chi connectivity index (χ2v) is 2.80. The standard InChI is InChI=1S/C10H16.2CH3.Pt/c1-2-10-8-6-4-3-5-7-9-10;;;/h3-4,9H,2,5-8H2,1H3;2*1H3;/q;2*-1;+2/b4-3-,10-9-;;;. The van der Waals surface area contributed by atoms with Crippen LogP contribution in [0.5, 0.6) is 0 Å². The molecule has 0 fully saturated rings. The molecule has 0 N–H and O–H groups in total. The fraction of sp³-hybridized carbons (Fsp3) is 0.500. The van der Waals surface area contributed by atoms with Crippen molar-refractivity contribution in [2.45, 2.75) is 39.0 Å². The Morgan fingerprint density at radius 3 is 2.31 bits per heavy atom. The third kappa shape index (κ3) is 8.50. The van der Waals surface area contributed by atoms with E-state index >= 15 is 0 Å². The summed E-state index contributed by atoms with van der Waals surface area (Å²) in [6.45, 7) is 2.25. The second kappa shape index (κ2) is 12.2. The van der Waals surface area contributed by atoms with E-state index < -0.39 is 0 Å². The maximum Gasteiger partial charge on any atom is 2.00 e. The first-order chi connectivity index (χ1) is 4.93. The molecule has 1 aliphatic carbocycles. The summed E-state index contributed by atoms with van der Waals surface area (Å²) in [5.41, 5.74) is 1.64. The first-order valence-corrected chi connectivity index (χ1v) is 4.26. The van der Waals surface area contributed by atoms with Crippen LogP contribution in [0.25, 0.3) is 0 Å². The monoisotopic (exact) mass is 361 g/mol. The second-order valence-electron chi connectivity index (χ2n) is 2.80. The summed E-state index contributed by atoms with van der Waals surface area (Å²) in [5.74, 6) is 0. The van der Waals surface area contributed by atoms with Crippen molar-refractivity contribution in [3.05, 3.63) is 38.7 Å². The molecule has 0 atom stereocenters. The molecule has 1 heteroatoms. The van der Waals surface area contributed by atoms with E-state index in [1.807, 2.05) is 0 Å².